The van der Waals surface area contributed by atoms with Gasteiger partial charge in [-0.05, 0) is 109 Å². The van der Waals surface area contributed by atoms with Crippen LogP contribution >= 0.6 is 0 Å². The van der Waals surface area contributed by atoms with Crippen molar-refractivity contribution in [2.45, 2.75) is 19.6 Å². The van der Waals surface area contributed by atoms with E-state index in [0.29, 0.717) is 33.2 Å². The number of aromatic amines is 2. The largest absolute Gasteiger partial charge is 0.508 e. The summed E-state index contributed by atoms with van der Waals surface area (Å²) in [5.74, 6) is 0.244. The summed E-state index contributed by atoms with van der Waals surface area (Å²) in [7, 11) is -15.8. The number of anilines is 2. The molecule has 0 aliphatic rings. The van der Waals surface area contributed by atoms with Gasteiger partial charge >= 0.3 is 0 Å². The number of aromatic hydroxyl groups is 2. The molecular formula is C40H34N6O10S4. The van der Waals surface area contributed by atoms with Gasteiger partial charge in [0.2, 0.25) is 0 Å². The lowest BCUT2D eigenvalue weighted by Gasteiger charge is -2.11. The molecular weight excluding hydrogens is 853 g/mol. The van der Waals surface area contributed by atoms with E-state index >= 15 is 0 Å². The fourth-order valence-electron chi connectivity index (χ4n) is 6.21. The summed E-state index contributed by atoms with van der Waals surface area (Å²) in [5.41, 5.74) is 4.54. The van der Waals surface area contributed by atoms with Crippen LogP contribution in [0.4, 0.5) is 11.4 Å². The second-order valence-corrected chi connectivity index (χ2v) is 20.7. The predicted molar refractivity (Wildman–Crippen MR) is 227 cm³/mol. The molecule has 20 heteroatoms. The molecule has 0 atom stereocenters. The molecule has 0 saturated heterocycles. The highest BCUT2D eigenvalue weighted by molar-refractivity contribution is 7.95. The number of phenolic OH excluding ortho intramolecular Hbond substituents is 2. The van der Waals surface area contributed by atoms with E-state index in [4.69, 9.17) is 0 Å². The van der Waals surface area contributed by atoms with Crippen molar-refractivity contribution >= 4 is 72.9 Å². The molecule has 0 saturated carbocycles. The number of phenols is 2. The summed E-state index contributed by atoms with van der Waals surface area (Å²) < 4.78 is 105. The highest BCUT2D eigenvalue weighted by Crippen LogP contribution is 2.33. The zero-order valence-corrected chi connectivity index (χ0v) is 34.7. The Labute approximate surface area is 344 Å². The number of rotatable bonds is 10. The zero-order chi connectivity index (χ0) is 43.0. The minimum absolute atomic E-state index is 0.122. The number of hydrogen-bond acceptors (Lipinski definition) is 12. The maximum absolute atomic E-state index is 12.9. The molecule has 0 aliphatic heterocycles. The molecule has 8 rings (SSSR count). The van der Waals surface area contributed by atoms with Gasteiger partial charge in [-0.2, -0.15) is 10.2 Å². The number of fused-ring (bicyclic) bond motifs is 2. The highest BCUT2D eigenvalue weighted by Gasteiger charge is 2.25. The van der Waals surface area contributed by atoms with Gasteiger partial charge in [0.25, 0.3) is 20.0 Å². The van der Waals surface area contributed by atoms with E-state index < -0.39 is 39.7 Å². The maximum Gasteiger partial charge on any atom is 0.263 e. The SMILES string of the molecule is CS(=O)(=O)c1ccccc1S(=O)(=O)Nc1ccc2[nH]nc(-c3ccc(O)cc3)c2c1.CS(=O)(=O)c1ccccc1S(=O)(=O)Nc1ccc2[nH]nc(-c3ccc(O)cc3)c2c1. The molecule has 2 heterocycles. The maximum atomic E-state index is 12.9. The third-order valence-electron chi connectivity index (χ3n) is 8.99. The van der Waals surface area contributed by atoms with Crippen molar-refractivity contribution in [1.29, 1.82) is 0 Å². The molecule has 0 bridgehead atoms. The van der Waals surface area contributed by atoms with Gasteiger partial charge < -0.3 is 10.2 Å². The van der Waals surface area contributed by atoms with Gasteiger partial charge in [-0.3, -0.25) is 19.6 Å². The molecule has 0 fully saturated rings. The standard InChI is InChI=1S/2C20H17N3O5S2/c2*1-29(25,26)18-4-2-3-5-19(18)30(27,28)23-14-8-11-17-16(12-14)20(22-21-17)13-6-9-15(24)10-7-13/h2*2-12,23-24H,1H3,(H,21,22). The Bertz CT molecular complexity index is 3140. The van der Waals surface area contributed by atoms with Gasteiger partial charge in [0.1, 0.15) is 21.3 Å². The number of nitrogens with one attached hydrogen (secondary N) is 4. The Hall–Kier alpha value is -6.74. The third kappa shape index (κ3) is 8.81. The molecule has 0 radical (unpaired) electrons. The van der Waals surface area contributed by atoms with Crippen LogP contribution in [0, 0.1) is 0 Å². The fourth-order valence-corrected chi connectivity index (χ4v) is 11.6. The molecule has 0 aliphatic carbocycles. The van der Waals surface area contributed by atoms with Crippen molar-refractivity contribution in [3.63, 3.8) is 0 Å². The number of sulfone groups is 2. The lowest BCUT2D eigenvalue weighted by atomic mass is 10.1. The first-order valence-electron chi connectivity index (χ1n) is 17.5. The molecule has 0 spiro atoms. The Morgan fingerprint density at radius 2 is 0.783 bits per heavy atom. The molecule has 308 valence electrons. The molecule has 6 aromatic carbocycles. The van der Waals surface area contributed by atoms with Crippen LogP contribution < -0.4 is 9.44 Å². The number of nitrogens with zero attached hydrogens (tertiary/aromatic N) is 2. The first kappa shape index (κ1) is 41.4. The monoisotopic (exact) mass is 886 g/mol. The number of H-pyrrole nitrogens is 2. The van der Waals surface area contributed by atoms with E-state index in [9.17, 15) is 43.9 Å². The van der Waals surface area contributed by atoms with Crippen molar-refractivity contribution in [2.75, 3.05) is 22.0 Å². The number of hydrogen-bond donors (Lipinski definition) is 6. The molecule has 8 aromatic rings. The molecule has 6 N–H and O–H groups in total. The number of benzene rings is 6. The Morgan fingerprint density at radius 1 is 0.450 bits per heavy atom. The lowest BCUT2D eigenvalue weighted by Crippen LogP contribution is -2.16. The van der Waals surface area contributed by atoms with E-state index in [0.717, 1.165) is 23.6 Å². The second kappa shape index (κ2) is 15.8. The second-order valence-electron chi connectivity index (χ2n) is 13.4. The summed E-state index contributed by atoms with van der Waals surface area (Å²) in [6, 6.07) is 33.5. The summed E-state index contributed by atoms with van der Waals surface area (Å²) in [6.45, 7) is 0. The first-order chi connectivity index (χ1) is 28.3. The van der Waals surface area contributed by atoms with Crippen LogP contribution in [-0.2, 0) is 39.7 Å². The van der Waals surface area contributed by atoms with Crippen molar-refractivity contribution in [2.24, 2.45) is 0 Å². The Morgan fingerprint density at radius 3 is 1.12 bits per heavy atom. The quantitative estimate of drug-likeness (QED) is 0.0887. The van der Waals surface area contributed by atoms with Gasteiger partial charge in [-0.25, -0.2) is 33.7 Å². The number of sulfonamides is 2. The molecule has 0 unspecified atom stereocenters. The fraction of sp³-hybridized carbons (Fsp3) is 0.0500. The molecule has 2 aromatic heterocycles. The van der Waals surface area contributed by atoms with E-state index in [2.05, 4.69) is 29.8 Å². The van der Waals surface area contributed by atoms with Gasteiger partial charge in [-0.15, -0.1) is 0 Å². The minimum Gasteiger partial charge on any atom is -0.508 e. The van der Waals surface area contributed by atoms with E-state index in [1.807, 2.05) is 0 Å². The van der Waals surface area contributed by atoms with Crippen molar-refractivity contribution < 1.29 is 43.9 Å². The Kier molecular flexibility index (Phi) is 10.9. The van der Waals surface area contributed by atoms with Crippen LogP contribution in [-0.4, -0.2) is 76.8 Å². The van der Waals surface area contributed by atoms with Gasteiger partial charge in [0, 0.05) is 45.8 Å². The van der Waals surface area contributed by atoms with Gasteiger partial charge in [0.15, 0.2) is 19.7 Å². The third-order valence-corrected chi connectivity index (χ3v) is 14.4. The van der Waals surface area contributed by atoms with Crippen LogP contribution in [0.2, 0.25) is 0 Å². The summed E-state index contributed by atoms with van der Waals surface area (Å²) in [6.07, 6.45) is 1.92. The van der Waals surface area contributed by atoms with Crippen LogP contribution in [0.1, 0.15) is 0 Å². The highest BCUT2D eigenvalue weighted by atomic mass is 32.2. The predicted octanol–water partition coefficient (Wildman–Crippen LogP) is 6.28. The van der Waals surface area contributed by atoms with Crippen LogP contribution in [0.3, 0.4) is 0 Å². The average molecular weight is 887 g/mol. The van der Waals surface area contributed by atoms with E-state index in [1.165, 1.54) is 72.8 Å². The zero-order valence-electron chi connectivity index (χ0n) is 31.4. The normalized spacial score (nSPS) is 12.2. The van der Waals surface area contributed by atoms with Crippen LogP contribution in [0.5, 0.6) is 11.5 Å². The van der Waals surface area contributed by atoms with Gasteiger partial charge in [0.05, 0.1) is 32.2 Å². The summed E-state index contributed by atoms with van der Waals surface area (Å²) in [5, 5.41) is 34.6. The minimum atomic E-state index is -4.15. The topological polar surface area (TPSA) is 258 Å². The van der Waals surface area contributed by atoms with E-state index in [1.54, 1.807) is 60.7 Å². The first-order valence-corrected chi connectivity index (χ1v) is 24.2. The summed E-state index contributed by atoms with van der Waals surface area (Å²) in [4.78, 5) is -1.18. The molecule has 60 heavy (non-hydrogen) atoms. The molecule has 0 amide bonds. The summed E-state index contributed by atoms with van der Waals surface area (Å²) >= 11 is 0. The average Bonchev–Trinajstić information content (AvgIpc) is 3.82. The Balaban J connectivity index is 0.000000181. The van der Waals surface area contributed by atoms with Crippen molar-refractivity contribution in [1.82, 2.24) is 20.4 Å². The lowest BCUT2D eigenvalue weighted by molar-refractivity contribution is 0.475. The number of aromatic nitrogens is 4. The van der Waals surface area contributed by atoms with Gasteiger partial charge in [-0.1, -0.05) is 24.3 Å². The van der Waals surface area contributed by atoms with Crippen LogP contribution in [0.15, 0.2) is 153 Å². The van der Waals surface area contributed by atoms with Crippen LogP contribution in [0.25, 0.3) is 44.3 Å². The van der Waals surface area contributed by atoms with Crippen molar-refractivity contribution in [3.05, 3.63) is 133 Å². The molecule has 16 nitrogen and oxygen atoms in total. The van der Waals surface area contributed by atoms with Crippen molar-refractivity contribution in [3.8, 4) is 34.0 Å². The van der Waals surface area contributed by atoms with E-state index in [-0.39, 0.29) is 42.5 Å². The smallest absolute Gasteiger partial charge is 0.263 e.